The monoisotopic (exact) mass is 238 g/mol. The minimum atomic E-state index is -0.285. The largest absolute Gasteiger partial charge is 0.456 e. The minimum Gasteiger partial charge on any atom is -0.456 e. The van der Waals surface area contributed by atoms with Crippen LogP contribution in [0.3, 0.4) is 0 Å². The average Bonchev–Trinajstić information content (AvgIpc) is 2.64. The van der Waals surface area contributed by atoms with Gasteiger partial charge in [0, 0.05) is 25.0 Å². The first-order valence-electron chi connectivity index (χ1n) is 4.95. The van der Waals surface area contributed by atoms with Crippen molar-refractivity contribution >= 4 is 17.6 Å². The predicted octanol–water partition coefficient (Wildman–Crippen LogP) is 1.31. The number of hydrogen-bond acceptors (Lipinski definition) is 4. The molecule has 84 valence electrons. The van der Waals surface area contributed by atoms with Crippen LogP contribution in [0.1, 0.15) is 5.56 Å². The second kappa shape index (κ2) is 4.99. The molecule has 0 saturated carbocycles. The molecule has 4 nitrogen and oxygen atoms in total. The highest BCUT2D eigenvalue weighted by Gasteiger charge is 2.11. The third kappa shape index (κ3) is 2.97. The Morgan fingerprint density at radius 1 is 1.50 bits per heavy atom. The lowest BCUT2D eigenvalue weighted by molar-refractivity contribution is -0.134. The third-order valence-corrected chi connectivity index (χ3v) is 2.40. The van der Waals surface area contributed by atoms with Crippen molar-refractivity contribution in [3.05, 3.63) is 40.8 Å². The van der Waals surface area contributed by atoms with E-state index in [0.29, 0.717) is 11.6 Å². The van der Waals surface area contributed by atoms with Gasteiger partial charge in [0.25, 0.3) is 0 Å². The van der Waals surface area contributed by atoms with E-state index in [-0.39, 0.29) is 5.97 Å². The molecule has 0 unspecified atom stereocenters. The average molecular weight is 239 g/mol. The molecule has 1 aromatic heterocycles. The number of ether oxygens (including phenoxy) is 1. The maximum atomic E-state index is 10.8. The lowest BCUT2D eigenvalue weighted by atomic mass is 10.2. The SMILES string of the molecule is O=C1C=C(NCCc2cncc(Cl)c2)CO1. The molecule has 1 aliphatic rings. The lowest BCUT2D eigenvalue weighted by Gasteiger charge is -2.05. The van der Waals surface area contributed by atoms with Gasteiger partial charge in [-0.15, -0.1) is 0 Å². The summed E-state index contributed by atoms with van der Waals surface area (Å²) < 4.78 is 4.76. The van der Waals surface area contributed by atoms with Gasteiger partial charge < -0.3 is 10.1 Å². The van der Waals surface area contributed by atoms with Gasteiger partial charge in [-0.25, -0.2) is 4.79 Å². The molecular weight excluding hydrogens is 228 g/mol. The van der Waals surface area contributed by atoms with Gasteiger partial charge >= 0.3 is 5.97 Å². The van der Waals surface area contributed by atoms with Crippen LogP contribution in [0.4, 0.5) is 0 Å². The van der Waals surface area contributed by atoms with Gasteiger partial charge in [-0.2, -0.15) is 0 Å². The fourth-order valence-electron chi connectivity index (χ4n) is 1.44. The molecule has 0 saturated heterocycles. The van der Waals surface area contributed by atoms with Crippen LogP contribution in [-0.2, 0) is 16.0 Å². The molecule has 5 heteroatoms. The van der Waals surface area contributed by atoms with Gasteiger partial charge in [0.1, 0.15) is 6.61 Å². The highest BCUT2D eigenvalue weighted by molar-refractivity contribution is 6.30. The van der Waals surface area contributed by atoms with Gasteiger partial charge in [-0.05, 0) is 18.1 Å². The van der Waals surface area contributed by atoms with Crippen LogP contribution in [-0.4, -0.2) is 24.1 Å². The number of nitrogens with zero attached hydrogens (tertiary/aromatic N) is 1. The summed E-state index contributed by atoms with van der Waals surface area (Å²) in [6, 6.07) is 1.88. The molecule has 1 aromatic rings. The number of hydrogen-bond donors (Lipinski definition) is 1. The maximum Gasteiger partial charge on any atom is 0.333 e. The predicted molar refractivity (Wildman–Crippen MR) is 60.0 cm³/mol. The smallest absolute Gasteiger partial charge is 0.333 e. The zero-order valence-corrected chi connectivity index (χ0v) is 9.33. The van der Waals surface area contributed by atoms with Gasteiger partial charge in [0.2, 0.25) is 0 Å². The summed E-state index contributed by atoms with van der Waals surface area (Å²) in [4.78, 5) is 14.8. The number of nitrogens with one attached hydrogen (secondary N) is 1. The summed E-state index contributed by atoms with van der Waals surface area (Å²) in [6.45, 7) is 1.07. The Kier molecular flexibility index (Phi) is 3.41. The number of carbonyl (C=O) groups is 1. The Bertz CT molecular complexity index is 432. The molecule has 0 fully saturated rings. The topological polar surface area (TPSA) is 51.2 Å². The summed E-state index contributed by atoms with van der Waals surface area (Å²) in [5.41, 5.74) is 1.88. The highest BCUT2D eigenvalue weighted by Crippen LogP contribution is 2.09. The van der Waals surface area contributed by atoms with E-state index < -0.39 is 0 Å². The van der Waals surface area contributed by atoms with E-state index in [4.69, 9.17) is 16.3 Å². The molecule has 2 heterocycles. The van der Waals surface area contributed by atoms with Crippen molar-refractivity contribution in [2.75, 3.05) is 13.2 Å². The van der Waals surface area contributed by atoms with E-state index in [1.54, 1.807) is 12.4 Å². The maximum absolute atomic E-state index is 10.8. The molecule has 1 aliphatic heterocycles. The minimum absolute atomic E-state index is 0.285. The normalized spacial score (nSPS) is 14.6. The van der Waals surface area contributed by atoms with Crippen LogP contribution in [0, 0.1) is 0 Å². The number of cyclic esters (lactones) is 1. The Morgan fingerprint density at radius 3 is 3.06 bits per heavy atom. The summed E-state index contributed by atoms with van der Waals surface area (Å²) in [7, 11) is 0. The standard InChI is InChI=1S/C11H11ClN2O2/c12-9-3-8(5-13-6-9)1-2-14-10-4-11(15)16-7-10/h3-6,14H,1-2,7H2. The van der Waals surface area contributed by atoms with Crippen LogP contribution in [0.15, 0.2) is 30.2 Å². The quantitative estimate of drug-likeness (QED) is 0.804. The first-order chi connectivity index (χ1) is 7.74. The van der Waals surface area contributed by atoms with Crippen LogP contribution < -0.4 is 5.32 Å². The van der Waals surface area contributed by atoms with Crippen molar-refractivity contribution in [1.29, 1.82) is 0 Å². The fourth-order valence-corrected chi connectivity index (χ4v) is 1.63. The molecule has 0 spiro atoms. The second-order valence-corrected chi connectivity index (χ2v) is 3.90. The number of esters is 1. The van der Waals surface area contributed by atoms with Crippen LogP contribution in [0.2, 0.25) is 5.02 Å². The summed E-state index contributed by atoms with van der Waals surface area (Å²) in [6.07, 6.45) is 5.65. The molecule has 0 aromatic carbocycles. The van der Waals surface area contributed by atoms with Gasteiger partial charge in [0.05, 0.1) is 10.7 Å². The molecule has 0 radical (unpaired) electrons. The van der Waals surface area contributed by atoms with Crippen LogP contribution >= 0.6 is 11.6 Å². The molecule has 16 heavy (non-hydrogen) atoms. The van der Waals surface area contributed by atoms with Crippen molar-refractivity contribution < 1.29 is 9.53 Å². The van der Waals surface area contributed by atoms with Gasteiger partial charge in [0.15, 0.2) is 0 Å². The third-order valence-electron chi connectivity index (χ3n) is 2.19. The molecule has 0 atom stereocenters. The molecule has 0 aliphatic carbocycles. The van der Waals surface area contributed by atoms with Crippen LogP contribution in [0.5, 0.6) is 0 Å². The van der Waals surface area contributed by atoms with E-state index in [1.165, 1.54) is 6.08 Å². The van der Waals surface area contributed by atoms with Gasteiger partial charge in [-0.1, -0.05) is 11.6 Å². The Hall–Kier alpha value is -1.55. The van der Waals surface area contributed by atoms with Crippen molar-refractivity contribution in [2.24, 2.45) is 0 Å². The Balaban J connectivity index is 1.80. The first-order valence-corrected chi connectivity index (χ1v) is 5.32. The number of aromatic nitrogens is 1. The zero-order chi connectivity index (χ0) is 11.4. The number of rotatable bonds is 4. The Labute approximate surface area is 98.3 Å². The first kappa shape index (κ1) is 11.0. The van der Waals surface area contributed by atoms with Crippen molar-refractivity contribution in [3.8, 4) is 0 Å². The molecule has 0 bridgehead atoms. The number of pyridine rings is 1. The second-order valence-electron chi connectivity index (χ2n) is 3.47. The highest BCUT2D eigenvalue weighted by atomic mass is 35.5. The van der Waals surface area contributed by atoms with E-state index in [9.17, 15) is 4.79 Å². The van der Waals surface area contributed by atoms with Crippen molar-refractivity contribution in [1.82, 2.24) is 10.3 Å². The summed E-state index contributed by atoms with van der Waals surface area (Å²) in [5, 5.41) is 3.76. The summed E-state index contributed by atoms with van der Waals surface area (Å²) in [5.74, 6) is -0.285. The number of halogens is 1. The summed E-state index contributed by atoms with van der Waals surface area (Å²) >= 11 is 5.81. The molecule has 1 N–H and O–H groups in total. The molecule has 0 amide bonds. The van der Waals surface area contributed by atoms with E-state index >= 15 is 0 Å². The van der Waals surface area contributed by atoms with E-state index in [0.717, 1.165) is 24.2 Å². The van der Waals surface area contributed by atoms with Crippen LogP contribution in [0.25, 0.3) is 0 Å². The number of carbonyl (C=O) groups excluding carboxylic acids is 1. The van der Waals surface area contributed by atoms with E-state index in [1.807, 2.05) is 6.07 Å². The molecular formula is C11H11ClN2O2. The van der Waals surface area contributed by atoms with E-state index in [2.05, 4.69) is 10.3 Å². The fraction of sp³-hybridized carbons (Fsp3) is 0.273. The lowest BCUT2D eigenvalue weighted by Crippen LogP contribution is -2.17. The zero-order valence-electron chi connectivity index (χ0n) is 8.57. The van der Waals surface area contributed by atoms with Crippen molar-refractivity contribution in [3.63, 3.8) is 0 Å². The molecule has 2 rings (SSSR count). The van der Waals surface area contributed by atoms with Crippen molar-refractivity contribution in [2.45, 2.75) is 6.42 Å². The van der Waals surface area contributed by atoms with Gasteiger partial charge in [-0.3, -0.25) is 4.98 Å². The Morgan fingerprint density at radius 2 is 2.38 bits per heavy atom.